The molecule has 1 saturated heterocycles. The van der Waals surface area contributed by atoms with Crippen LogP contribution in [0.1, 0.15) is 18.4 Å². The van der Waals surface area contributed by atoms with Gasteiger partial charge in [-0.15, -0.1) is 0 Å². The van der Waals surface area contributed by atoms with E-state index in [0.29, 0.717) is 4.64 Å². The van der Waals surface area contributed by atoms with Crippen LogP contribution in [0.25, 0.3) is 11.2 Å². The lowest BCUT2D eigenvalue weighted by Crippen LogP contribution is -2.22. The van der Waals surface area contributed by atoms with Gasteiger partial charge in [0.15, 0.2) is 4.64 Å². The van der Waals surface area contributed by atoms with Crippen molar-refractivity contribution in [3.05, 3.63) is 46.9 Å². The van der Waals surface area contributed by atoms with Crippen LogP contribution in [0.3, 0.4) is 0 Å². The number of H-pyrrole nitrogens is 1. The number of hydrogen-bond donors (Lipinski definition) is 1. The van der Waals surface area contributed by atoms with Gasteiger partial charge in [0, 0.05) is 13.1 Å². The third-order valence-corrected chi connectivity index (χ3v) is 4.40. The maximum absolute atomic E-state index is 5.34. The summed E-state index contributed by atoms with van der Waals surface area (Å²) in [5.74, 6) is 0.992. The molecule has 112 valence electrons. The van der Waals surface area contributed by atoms with Crippen molar-refractivity contribution < 1.29 is 0 Å². The van der Waals surface area contributed by atoms with Crippen LogP contribution in [-0.4, -0.2) is 32.6 Å². The molecule has 1 aromatic carbocycles. The number of nitrogens with zero attached hydrogens (tertiary/aromatic N) is 4. The molecule has 0 aliphatic carbocycles. The summed E-state index contributed by atoms with van der Waals surface area (Å²) in [7, 11) is 0. The van der Waals surface area contributed by atoms with Crippen LogP contribution in [0.15, 0.2) is 36.7 Å². The number of rotatable bonds is 3. The van der Waals surface area contributed by atoms with Crippen LogP contribution in [0.4, 0.5) is 5.95 Å². The van der Waals surface area contributed by atoms with Crippen molar-refractivity contribution in [2.75, 3.05) is 18.0 Å². The molecule has 3 heterocycles. The van der Waals surface area contributed by atoms with Gasteiger partial charge in [-0.05, 0) is 18.4 Å². The number of aromatic amines is 1. The van der Waals surface area contributed by atoms with Gasteiger partial charge < -0.3 is 9.88 Å². The largest absolute Gasteiger partial charge is 0.342 e. The highest BCUT2D eigenvalue weighted by Gasteiger charge is 2.21. The topological polar surface area (TPSA) is 49.7 Å². The average molecular weight is 311 g/mol. The normalized spacial score (nSPS) is 14.8. The van der Waals surface area contributed by atoms with Crippen molar-refractivity contribution in [2.45, 2.75) is 19.4 Å². The number of hydrogen-bond acceptors (Lipinski definition) is 4. The molecular weight excluding hydrogens is 294 g/mol. The molecule has 4 rings (SSSR count). The van der Waals surface area contributed by atoms with Gasteiger partial charge in [0.1, 0.15) is 11.2 Å². The van der Waals surface area contributed by atoms with Gasteiger partial charge in [0.25, 0.3) is 0 Å². The fraction of sp³-hybridized carbons (Fsp3) is 0.312. The zero-order valence-corrected chi connectivity index (χ0v) is 13.0. The molecule has 0 saturated carbocycles. The van der Waals surface area contributed by atoms with E-state index in [9.17, 15) is 0 Å². The number of fused-ring (bicyclic) bond motifs is 1. The molecule has 0 unspecified atom stereocenters. The Bertz CT molecular complexity index is 846. The zero-order chi connectivity index (χ0) is 14.9. The van der Waals surface area contributed by atoms with Crippen molar-refractivity contribution in [2.24, 2.45) is 0 Å². The number of benzene rings is 1. The highest BCUT2D eigenvalue weighted by Crippen LogP contribution is 2.25. The molecule has 0 bridgehead atoms. The van der Waals surface area contributed by atoms with Crippen LogP contribution in [0, 0.1) is 4.64 Å². The Morgan fingerprint density at radius 3 is 2.68 bits per heavy atom. The predicted octanol–water partition coefficient (Wildman–Crippen LogP) is 3.14. The third-order valence-electron chi connectivity index (χ3n) is 4.11. The highest BCUT2D eigenvalue weighted by atomic mass is 32.1. The van der Waals surface area contributed by atoms with E-state index < -0.39 is 0 Å². The lowest BCUT2D eigenvalue weighted by atomic mass is 10.2. The molecule has 1 aliphatic rings. The first kappa shape index (κ1) is 13.5. The Morgan fingerprint density at radius 1 is 1.14 bits per heavy atom. The minimum absolute atomic E-state index is 0.556. The summed E-state index contributed by atoms with van der Waals surface area (Å²) in [5.41, 5.74) is 2.99. The summed E-state index contributed by atoms with van der Waals surface area (Å²) in [6.07, 6.45) is 4.09. The standard InChI is InChI=1S/C16H17N5S/c22-15-13-14(17-11-18-15)21(10-12-6-2-1-3-7-12)16(19-13)20-8-4-5-9-20/h1-3,6-7,11H,4-5,8-10H2,(H,17,18,22). The molecule has 0 atom stereocenters. The molecule has 0 spiro atoms. The fourth-order valence-corrected chi connectivity index (χ4v) is 3.22. The molecule has 2 aromatic heterocycles. The highest BCUT2D eigenvalue weighted by molar-refractivity contribution is 7.71. The van der Waals surface area contributed by atoms with Gasteiger partial charge in [0.2, 0.25) is 5.95 Å². The Morgan fingerprint density at radius 2 is 1.91 bits per heavy atom. The monoisotopic (exact) mass is 311 g/mol. The molecule has 1 aliphatic heterocycles. The van der Waals surface area contributed by atoms with E-state index >= 15 is 0 Å². The van der Waals surface area contributed by atoms with Crippen LogP contribution < -0.4 is 4.90 Å². The van der Waals surface area contributed by atoms with Crippen LogP contribution in [0.5, 0.6) is 0 Å². The van der Waals surface area contributed by atoms with E-state index in [-0.39, 0.29) is 0 Å². The van der Waals surface area contributed by atoms with E-state index in [4.69, 9.17) is 17.2 Å². The van der Waals surface area contributed by atoms with Crippen LogP contribution >= 0.6 is 12.2 Å². The fourth-order valence-electron chi connectivity index (χ4n) is 3.02. The summed E-state index contributed by atoms with van der Waals surface area (Å²) in [4.78, 5) is 14.5. The average Bonchev–Trinajstić information content (AvgIpc) is 3.17. The van der Waals surface area contributed by atoms with Crippen molar-refractivity contribution >= 4 is 29.3 Å². The second-order valence-electron chi connectivity index (χ2n) is 5.58. The SMILES string of the molecule is S=c1nc[nH]c2c1nc(N1CCCC1)n2Cc1ccccc1. The van der Waals surface area contributed by atoms with Gasteiger partial charge in [-0.1, -0.05) is 42.5 Å². The van der Waals surface area contributed by atoms with E-state index in [1.165, 1.54) is 18.4 Å². The van der Waals surface area contributed by atoms with Crippen LogP contribution in [-0.2, 0) is 6.54 Å². The Balaban J connectivity index is 1.87. The maximum Gasteiger partial charge on any atom is 0.208 e. The number of aromatic nitrogens is 4. The van der Waals surface area contributed by atoms with Crippen molar-refractivity contribution in [1.29, 1.82) is 0 Å². The van der Waals surface area contributed by atoms with Gasteiger partial charge in [-0.3, -0.25) is 4.57 Å². The summed E-state index contributed by atoms with van der Waals surface area (Å²) in [5, 5.41) is 0. The maximum atomic E-state index is 5.34. The lowest BCUT2D eigenvalue weighted by Gasteiger charge is -2.18. The molecule has 0 amide bonds. The Labute approximate surface area is 133 Å². The summed E-state index contributed by atoms with van der Waals surface area (Å²) < 4.78 is 2.77. The van der Waals surface area contributed by atoms with Gasteiger partial charge in [0.05, 0.1) is 12.9 Å². The summed E-state index contributed by atoms with van der Waals surface area (Å²) in [6.45, 7) is 2.88. The number of imidazole rings is 1. The minimum atomic E-state index is 0.556. The van der Waals surface area contributed by atoms with Crippen molar-refractivity contribution in [1.82, 2.24) is 19.5 Å². The molecular formula is C16H17N5S. The molecule has 5 nitrogen and oxygen atoms in total. The van der Waals surface area contributed by atoms with E-state index in [1.54, 1.807) is 6.33 Å². The Hall–Kier alpha value is -2.21. The first-order chi connectivity index (χ1) is 10.8. The molecule has 6 heteroatoms. The van der Waals surface area contributed by atoms with Crippen molar-refractivity contribution in [3.8, 4) is 0 Å². The number of anilines is 1. The summed E-state index contributed by atoms with van der Waals surface area (Å²) in [6, 6.07) is 10.4. The zero-order valence-electron chi connectivity index (χ0n) is 12.2. The molecule has 22 heavy (non-hydrogen) atoms. The van der Waals surface area contributed by atoms with Gasteiger partial charge >= 0.3 is 0 Å². The number of nitrogens with one attached hydrogen (secondary N) is 1. The first-order valence-electron chi connectivity index (χ1n) is 7.56. The van der Waals surface area contributed by atoms with Gasteiger partial charge in [-0.25, -0.2) is 9.97 Å². The molecule has 0 radical (unpaired) electrons. The minimum Gasteiger partial charge on any atom is -0.342 e. The quantitative estimate of drug-likeness (QED) is 0.755. The first-order valence-corrected chi connectivity index (χ1v) is 7.96. The van der Waals surface area contributed by atoms with Gasteiger partial charge in [-0.2, -0.15) is 0 Å². The second-order valence-corrected chi connectivity index (χ2v) is 5.97. The van der Waals surface area contributed by atoms with E-state index in [2.05, 4.69) is 43.7 Å². The predicted molar refractivity (Wildman–Crippen MR) is 89.7 cm³/mol. The molecule has 3 aromatic rings. The second kappa shape index (κ2) is 5.53. The van der Waals surface area contributed by atoms with Crippen LogP contribution in [0.2, 0.25) is 0 Å². The Kier molecular flexibility index (Phi) is 3.38. The molecule has 1 fully saturated rings. The lowest BCUT2D eigenvalue weighted by molar-refractivity contribution is 0.769. The van der Waals surface area contributed by atoms with E-state index in [1.807, 2.05) is 6.07 Å². The van der Waals surface area contributed by atoms with E-state index in [0.717, 1.165) is 36.7 Å². The summed E-state index contributed by atoms with van der Waals surface area (Å²) >= 11 is 5.34. The third kappa shape index (κ3) is 2.29. The molecule has 1 N–H and O–H groups in total. The smallest absolute Gasteiger partial charge is 0.208 e. The van der Waals surface area contributed by atoms with Crippen molar-refractivity contribution in [3.63, 3.8) is 0 Å².